The van der Waals surface area contributed by atoms with Gasteiger partial charge >= 0.3 is 0 Å². The fraction of sp³-hybridized carbons (Fsp3) is 0.348. The van der Waals surface area contributed by atoms with E-state index in [2.05, 4.69) is 15.8 Å². The lowest BCUT2D eigenvalue weighted by Crippen LogP contribution is -2.35. The van der Waals surface area contributed by atoms with Crippen molar-refractivity contribution < 1.29 is 23.8 Å². The second-order valence-electron chi connectivity index (χ2n) is 7.06. The summed E-state index contributed by atoms with van der Waals surface area (Å²) in [7, 11) is 1.47. The fourth-order valence-corrected chi connectivity index (χ4v) is 3.13. The van der Waals surface area contributed by atoms with Gasteiger partial charge in [0.15, 0.2) is 12.7 Å². The quantitative estimate of drug-likeness (QED) is 0.449. The van der Waals surface area contributed by atoms with Crippen molar-refractivity contribution in [1.82, 2.24) is 10.7 Å². The number of benzene rings is 2. The van der Waals surface area contributed by atoms with Gasteiger partial charge in [0.25, 0.3) is 11.8 Å². The second-order valence-corrected chi connectivity index (χ2v) is 7.06. The number of hydrogen-bond acceptors (Lipinski definition) is 6. The summed E-state index contributed by atoms with van der Waals surface area (Å²) in [6.07, 6.45) is 2.91. The molecule has 1 saturated heterocycles. The standard InChI is InChI=1S/C23H27N3O5/c1-29-22(18-6-3-2-4-7-18)23(28)26-25-14-17-9-11-19(12-10-17)31-16-21(27)24-15-20-8-5-13-30-20/h2-4,6-7,9-12,14,20,22H,5,8,13,15-16H2,1H3,(H,24,27)(H,26,28)/b25-14-/t20-,22+/m0/s1. The molecule has 2 amide bonds. The van der Waals surface area contributed by atoms with Crippen LogP contribution in [0.5, 0.6) is 5.75 Å². The number of rotatable bonds is 10. The molecular formula is C23H27N3O5. The summed E-state index contributed by atoms with van der Waals surface area (Å²) in [5.41, 5.74) is 4.00. The molecule has 8 heteroatoms. The Morgan fingerprint density at radius 2 is 1.97 bits per heavy atom. The lowest BCUT2D eigenvalue weighted by molar-refractivity contribution is -0.131. The normalized spacial score (nSPS) is 16.7. The number of amides is 2. The lowest BCUT2D eigenvalue weighted by Gasteiger charge is -2.13. The molecule has 2 aromatic rings. The molecule has 3 rings (SSSR count). The monoisotopic (exact) mass is 425 g/mol. The summed E-state index contributed by atoms with van der Waals surface area (Å²) in [4.78, 5) is 24.2. The highest BCUT2D eigenvalue weighted by Crippen LogP contribution is 2.16. The number of hydrazone groups is 1. The molecule has 2 N–H and O–H groups in total. The van der Waals surface area contributed by atoms with Crippen LogP contribution >= 0.6 is 0 Å². The first-order valence-electron chi connectivity index (χ1n) is 10.2. The van der Waals surface area contributed by atoms with Gasteiger partial charge < -0.3 is 19.5 Å². The minimum atomic E-state index is -0.736. The highest BCUT2D eigenvalue weighted by Gasteiger charge is 2.19. The smallest absolute Gasteiger partial charge is 0.273 e. The second kappa shape index (κ2) is 11.8. The van der Waals surface area contributed by atoms with Gasteiger partial charge in [0.1, 0.15) is 5.75 Å². The van der Waals surface area contributed by atoms with E-state index in [1.807, 2.05) is 30.3 Å². The highest BCUT2D eigenvalue weighted by atomic mass is 16.5. The van der Waals surface area contributed by atoms with Gasteiger partial charge in [-0.1, -0.05) is 30.3 Å². The summed E-state index contributed by atoms with van der Waals surface area (Å²) in [6.45, 7) is 1.21. The number of nitrogens with one attached hydrogen (secondary N) is 2. The molecule has 31 heavy (non-hydrogen) atoms. The Morgan fingerprint density at radius 1 is 1.19 bits per heavy atom. The van der Waals surface area contributed by atoms with Gasteiger partial charge in [0, 0.05) is 20.3 Å². The molecule has 0 bridgehead atoms. The summed E-state index contributed by atoms with van der Waals surface area (Å²) >= 11 is 0. The predicted molar refractivity (Wildman–Crippen MR) is 116 cm³/mol. The molecule has 0 aliphatic carbocycles. The maximum absolute atomic E-state index is 12.3. The van der Waals surface area contributed by atoms with E-state index >= 15 is 0 Å². The average molecular weight is 425 g/mol. The van der Waals surface area contributed by atoms with E-state index in [1.165, 1.54) is 13.3 Å². The van der Waals surface area contributed by atoms with Crippen LogP contribution in [0.2, 0.25) is 0 Å². The Morgan fingerprint density at radius 3 is 2.65 bits per heavy atom. The number of nitrogens with zero attached hydrogens (tertiary/aromatic N) is 1. The number of carbonyl (C=O) groups is 2. The minimum Gasteiger partial charge on any atom is -0.484 e. The first kappa shape index (κ1) is 22.5. The van der Waals surface area contributed by atoms with Gasteiger partial charge in [-0.05, 0) is 48.2 Å². The Kier molecular flexibility index (Phi) is 8.57. The third-order valence-electron chi connectivity index (χ3n) is 4.77. The SMILES string of the molecule is CO[C@@H](C(=O)N/N=C\c1ccc(OCC(=O)NC[C@@H]2CCCO2)cc1)c1ccccc1. The third-order valence-corrected chi connectivity index (χ3v) is 4.77. The molecule has 8 nitrogen and oxygen atoms in total. The van der Waals surface area contributed by atoms with Crippen LogP contribution in [0.25, 0.3) is 0 Å². The number of carbonyl (C=O) groups excluding carboxylic acids is 2. The molecule has 1 aliphatic rings. The van der Waals surface area contributed by atoms with Crippen LogP contribution in [0.4, 0.5) is 0 Å². The molecule has 0 aromatic heterocycles. The topological polar surface area (TPSA) is 98.3 Å². The van der Waals surface area contributed by atoms with Gasteiger partial charge in [-0.25, -0.2) is 5.43 Å². The van der Waals surface area contributed by atoms with Gasteiger partial charge in [0.05, 0.1) is 12.3 Å². The minimum absolute atomic E-state index is 0.0614. The van der Waals surface area contributed by atoms with Crippen LogP contribution in [0.3, 0.4) is 0 Å². The molecule has 0 spiro atoms. The summed E-state index contributed by atoms with van der Waals surface area (Å²) < 4.78 is 16.2. The van der Waals surface area contributed by atoms with Gasteiger partial charge in [-0.15, -0.1) is 0 Å². The van der Waals surface area contributed by atoms with Crippen LogP contribution in [0.15, 0.2) is 59.7 Å². The van der Waals surface area contributed by atoms with E-state index in [0.29, 0.717) is 12.3 Å². The number of ether oxygens (including phenoxy) is 3. The van der Waals surface area contributed by atoms with Gasteiger partial charge in [-0.2, -0.15) is 5.10 Å². The first-order valence-corrected chi connectivity index (χ1v) is 10.2. The molecule has 2 atom stereocenters. The van der Waals surface area contributed by atoms with Gasteiger partial charge in [0.2, 0.25) is 0 Å². The molecule has 0 unspecified atom stereocenters. The van der Waals surface area contributed by atoms with Crippen LogP contribution in [-0.2, 0) is 19.1 Å². The fourth-order valence-electron chi connectivity index (χ4n) is 3.13. The van der Waals surface area contributed by atoms with Crippen LogP contribution in [0.1, 0.15) is 30.1 Å². The van der Waals surface area contributed by atoms with E-state index in [4.69, 9.17) is 14.2 Å². The maximum atomic E-state index is 12.3. The Balaban J connectivity index is 1.41. The van der Waals surface area contributed by atoms with Crippen LogP contribution < -0.4 is 15.5 Å². The number of hydrogen-bond donors (Lipinski definition) is 2. The largest absolute Gasteiger partial charge is 0.484 e. The molecule has 1 aliphatic heterocycles. The summed E-state index contributed by atoms with van der Waals surface area (Å²) in [5, 5.41) is 6.79. The Hall–Kier alpha value is -3.23. The summed E-state index contributed by atoms with van der Waals surface area (Å²) in [6, 6.07) is 16.2. The van der Waals surface area contributed by atoms with Crippen molar-refractivity contribution in [1.29, 1.82) is 0 Å². The maximum Gasteiger partial charge on any atom is 0.273 e. The van der Waals surface area contributed by atoms with Crippen molar-refractivity contribution in [2.45, 2.75) is 25.0 Å². The third kappa shape index (κ3) is 7.20. The highest BCUT2D eigenvalue weighted by molar-refractivity contribution is 5.85. The predicted octanol–water partition coefficient (Wildman–Crippen LogP) is 2.20. The van der Waals surface area contributed by atoms with Crippen LogP contribution in [0, 0.1) is 0 Å². The van der Waals surface area contributed by atoms with Crippen molar-refractivity contribution in [3.8, 4) is 5.75 Å². The van der Waals surface area contributed by atoms with E-state index in [9.17, 15) is 9.59 Å². The summed E-state index contributed by atoms with van der Waals surface area (Å²) in [5.74, 6) is 0.0193. The lowest BCUT2D eigenvalue weighted by atomic mass is 10.1. The Bertz CT molecular complexity index is 865. The zero-order valence-corrected chi connectivity index (χ0v) is 17.5. The number of methoxy groups -OCH3 is 1. The average Bonchev–Trinajstić information content (AvgIpc) is 3.32. The Labute approximate surface area is 181 Å². The van der Waals surface area contributed by atoms with Crippen molar-refractivity contribution in [3.63, 3.8) is 0 Å². The van der Waals surface area contributed by atoms with Gasteiger partial charge in [-0.3, -0.25) is 9.59 Å². The van der Waals surface area contributed by atoms with E-state index in [0.717, 1.165) is 30.6 Å². The molecule has 0 radical (unpaired) electrons. The van der Waals surface area contributed by atoms with Crippen molar-refractivity contribution in [2.75, 3.05) is 26.9 Å². The van der Waals surface area contributed by atoms with E-state index in [1.54, 1.807) is 24.3 Å². The van der Waals surface area contributed by atoms with E-state index in [-0.39, 0.29) is 24.5 Å². The molecule has 1 fully saturated rings. The van der Waals surface area contributed by atoms with Crippen molar-refractivity contribution in [2.24, 2.45) is 5.10 Å². The molecule has 164 valence electrons. The molecule has 1 heterocycles. The molecular weight excluding hydrogens is 398 g/mol. The first-order chi connectivity index (χ1) is 15.2. The molecule has 2 aromatic carbocycles. The van der Waals surface area contributed by atoms with Crippen molar-refractivity contribution in [3.05, 3.63) is 65.7 Å². The zero-order valence-electron chi connectivity index (χ0n) is 17.5. The zero-order chi connectivity index (χ0) is 21.9. The van der Waals surface area contributed by atoms with Crippen LogP contribution in [-0.4, -0.2) is 51.0 Å². The molecule has 0 saturated carbocycles. The van der Waals surface area contributed by atoms with E-state index < -0.39 is 6.10 Å². The van der Waals surface area contributed by atoms with Crippen molar-refractivity contribution >= 4 is 18.0 Å².